The number of aromatic nitrogens is 2. The summed E-state index contributed by atoms with van der Waals surface area (Å²) in [5.74, 6) is -0.754. The number of benzene rings is 1. The zero-order valence-corrected chi connectivity index (χ0v) is 16.0. The summed E-state index contributed by atoms with van der Waals surface area (Å²) in [6.45, 7) is 5.74. The number of rotatable bonds is 2. The number of carbonyl (C=O) groups excluding carboxylic acids is 1. The molecular weight excluding hydrogens is 365 g/mol. The van der Waals surface area contributed by atoms with Crippen molar-refractivity contribution in [2.75, 3.05) is 0 Å². The Balaban J connectivity index is 1.80. The van der Waals surface area contributed by atoms with Crippen molar-refractivity contribution < 1.29 is 13.9 Å². The Morgan fingerprint density at radius 3 is 2.67 bits per heavy atom. The van der Waals surface area contributed by atoms with E-state index in [1.165, 1.54) is 23.5 Å². The fraction of sp³-hybridized carbons (Fsp3) is 0.250. The van der Waals surface area contributed by atoms with E-state index in [1.807, 2.05) is 36.8 Å². The highest BCUT2D eigenvalue weighted by Gasteiger charge is 2.28. The molecule has 0 unspecified atom stereocenters. The van der Waals surface area contributed by atoms with Crippen LogP contribution in [0.1, 0.15) is 48.1 Å². The number of fused-ring (bicyclic) bond motifs is 3. The fourth-order valence-corrected chi connectivity index (χ4v) is 3.85. The molecule has 27 heavy (non-hydrogen) atoms. The Morgan fingerprint density at radius 2 is 1.96 bits per heavy atom. The molecule has 0 saturated heterocycles. The molecule has 138 valence electrons. The summed E-state index contributed by atoms with van der Waals surface area (Å²) in [5.41, 5.74) is 2.88. The maximum atomic E-state index is 13.3. The molecule has 4 rings (SSSR count). The van der Waals surface area contributed by atoms with E-state index in [9.17, 15) is 9.18 Å². The summed E-state index contributed by atoms with van der Waals surface area (Å²) in [5, 5.41) is 2.89. The second-order valence-electron chi connectivity index (χ2n) is 7.22. The van der Waals surface area contributed by atoms with Crippen LogP contribution in [-0.4, -0.2) is 26.8 Å². The van der Waals surface area contributed by atoms with Gasteiger partial charge >= 0.3 is 5.97 Å². The van der Waals surface area contributed by atoms with Crippen molar-refractivity contribution in [3.63, 3.8) is 0 Å². The topological polar surface area (TPSA) is 56.5 Å². The third kappa shape index (κ3) is 3.30. The van der Waals surface area contributed by atoms with Crippen LogP contribution in [0.25, 0.3) is 5.00 Å². The number of aliphatic imine (C=N–C) groups is 1. The summed E-state index contributed by atoms with van der Waals surface area (Å²) >= 11 is 1.54. The first-order chi connectivity index (χ1) is 12.8. The summed E-state index contributed by atoms with van der Waals surface area (Å²) < 4.78 is 20.7. The lowest BCUT2D eigenvalue weighted by Gasteiger charge is -2.19. The lowest BCUT2D eigenvalue weighted by Crippen LogP contribution is -2.24. The maximum Gasteiger partial charge on any atom is 0.359 e. The highest BCUT2D eigenvalue weighted by atomic mass is 32.1. The van der Waals surface area contributed by atoms with Gasteiger partial charge in [-0.25, -0.2) is 14.2 Å². The molecule has 1 aliphatic rings. The molecule has 3 aromatic rings. The van der Waals surface area contributed by atoms with Gasteiger partial charge in [-0.15, -0.1) is 11.3 Å². The van der Waals surface area contributed by atoms with Crippen LogP contribution in [0.5, 0.6) is 0 Å². The average molecular weight is 383 g/mol. The van der Waals surface area contributed by atoms with Crippen molar-refractivity contribution in [2.45, 2.75) is 32.9 Å². The average Bonchev–Trinajstić information content (AvgIpc) is 3.19. The molecule has 0 saturated carbocycles. The van der Waals surface area contributed by atoms with Crippen LogP contribution in [0.15, 0.2) is 47.0 Å². The van der Waals surface area contributed by atoms with Crippen molar-refractivity contribution >= 4 is 23.0 Å². The van der Waals surface area contributed by atoms with Gasteiger partial charge in [0.05, 0.1) is 18.0 Å². The van der Waals surface area contributed by atoms with Gasteiger partial charge in [0.15, 0.2) is 5.69 Å². The van der Waals surface area contributed by atoms with Gasteiger partial charge in [0.2, 0.25) is 0 Å². The summed E-state index contributed by atoms with van der Waals surface area (Å²) in [7, 11) is 0. The van der Waals surface area contributed by atoms with Crippen LogP contribution in [0.2, 0.25) is 0 Å². The third-order valence-corrected chi connectivity index (χ3v) is 4.99. The van der Waals surface area contributed by atoms with Gasteiger partial charge in [-0.05, 0) is 56.5 Å². The lowest BCUT2D eigenvalue weighted by atomic mass is 10.0. The minimum absolute atomic E-state index is 0.272. The SMILES string of the molecule is CC(C)(C)OC(=O)c1ncn2c1CN=C(c1ccc(F)cc1)c1ccsc1-2. The predicted octanol–water partition coefficient (Wildman–Crippen LogP) is 4.38. The van der Waals surface area contributed by atoms with Crippen LogP contribution >= 0.6 is 11.3 Å². The Kier molecular flexibility index (Phi) is 4.19. The molecule has 2 aromatic heterocycles. The van der Waals surface area contributed by atoms with Crippen LogP contribution in [0, 0.1) is 5.82 Å². The highest BCUT2D eigenvalue weighted by Crippen LogP contribution is 2.31. The van der Waals surface area contributed by atoms with Crippen molar-refractivity contribution in [1.82, 2.24) is 9.55 Å². The van der Waals surface area contributed by atoms with Crippen molar-refractivity contribution in [2.24, 2.45) is 4.99 Å². The van der Waals surface area contributed by atoms with Crippen molar-refractivity contribution in [3.8, 4) is 5.00 Å². The number of hydrogen-bond acceptors (Lipinski definition) is 5. The van der Waals surface area contributed by atoms with Gasteiger partial charge in [-0.3, -0.25) is 9.56 Å². The molecule has 7 heteroatoms. The molecule has 0 atom stereocenters. The van der Waals surface area contributed by atoms with E-state index in [0.717, 1.165) is 21.8 Å². The van der Waals surface area contributed by atoms with Crippen LogP contribution < -0.4 is 0 Å². The number of ether oxygens (including phenoxy) is 1. The van der Waals surface area contributed by atoms with Gasteiger partial charge < -0.3 is 4.74 Å². The van der Waals surface area contributed by atoms with E-state index in [-0.39, 0.29) is 18.1 Å². The van der Waals surface area contributed by atoms with E-state index in [0.29, 0.717) is 5.69 Å². The molecule has 0 aliphatic carbocycles. The molecule has 0 bridgehead atoms. The highest BCUT2D eigenvalue weighted by molar-refractivity contribution is 7.13. The molecule has 0 radical (unpaired) electrons. The fourth-order valence-electron chi connectivity index (χ4n) is 2.96. The number of nitrogens with zero attached hydrogens (tertiary/aromatic N) is 3. The van der Waals surface area contributed by atoms with Gasteiger partial charge in [-0.1, -0.05) is 0 Å². The predicted molar refractivity (Wildman–Crippen MR) is 102 cm³/mol. The number of thiophene rings is 1. The second-order valence-corrected chi connectivity index (χ2v) is 8.12. The van der Waals surface area contributed by atoms with Gasteiger partial charge in [0.25, 0.3) is 0 Å². The molecule has 0 amide bonds. The van der Waals surface area contributed by atoms with Crippen molar-refractivity contribution in [1.29, 1.82) is 0 Å². The number of esters is 1. The molecule has 5 nitrogen and oxygen atoms in total. The number of imidazole rings is 1. The lowest BCUT2D eigenvalue weighted by molar-refractivity contribution is 0.00621. The zero-order chi connectivity index (χ0) is 19.2. The Hall–Kier alpha value is -2.80. The second kappa shape index (κ2) is 6.42. The Morgan fingerprint density at radius 1 is 1.22 bits per heavy atom. The van der Waals surface area contributed by atoms with E-state index in [2.05, 4.69) is 4.98 Å². The summed E-state index contributed by atoms with van der Waals surface area (Å²) in [6, 6.07) is 8.24. The zero-order valence-electron chi connectivity index (χ0n) is 15.2. The standard InChI is InChI=1S/C20H18FN3O2S/c1-20(2,3)26-19(25)17-15-10-22-16(12-4-6-13(21)7-5-12)14-8-9-27-18(14)24(15)11-23-17/h4-9,11H,10H2,1-3H3. The van der Waals surface area contributed by atoms with Crippen LogP contribution in [-0.2, 0) is 11.3 Å². The van der Waals surface area contributed by atoms with Gasteiger partial charge in [0.1, 0.15) is 22.7 Å². The maximum absolute atomic E-state index is 13.3. The van der Waals surface area contributed by atoms with E-state index < -0.39 is 11.6 Å². The molecule has 1 aliphatic heterocycles. The van der Waals surface area contributed by atoms with Crippen LogP contribution in [0.4, 0.5) is 4.39 Å². The first-order valence-corrected chi connectivity index (χ1v) is 9.39. The summed E-state index contributed by atoms with van der Waals surface area (Å²) in [4.78, 5) is 21.6. The Bertz CT molecular complexity index is 1040. The van der Waals surface area contributed by atoms with Crippen molar-refractivity contribution in [3.05, 3.63) is 70.4 Å². The van der Waals surface area contributed by atoms with E-state index >= 15 is 0 Å². The van der Waals surface area contributed by atoms with E-state index in [1.54, 1.807) is 18.5 Å². The molecule has 0 fully saturated rings. The molecular formula is C20H18FN3O2S. The smallest absolute Gasteiger partial charge is 0.359 e. The van der Waals surface area contributed by atoms with E-state index in [4.69, 9.17) is 9.73 Å². The first-order valence-electron chi connectivity index (χ1n) is 8.52. The van der Waals surface area contributed by atoms with Gasteiger partial charge in [-0.2, -0.15) is 0 Å². The molecule has 3 heterocycles. The molecule has 0 spiro atoms. The van der Waals surface area contributed by atoms with Gasteiger partial charge in [0, 0.05) is 11.1 Å². The minimum atomic E-state index is -0.602. The normalized spacial score (nSPS) is 13.4. The number of halogens is 1. The quantitative estimate of drug-likeness (QED) is 0.617. The van der Waals surface area contributed by atoms with Crippen LogP contribution in [0.3, 0.4) is 0 Å². The summed E-state index contributed by atoms with van der Waals surface area (Å²) in [6.07, 6.45) is 1.63. The monoisotopic (exact) mass is 383 g/mol. The minimum Gasteiger partial charge on any atom is -0.455 e. The third-order valence-electron chi connectivity index (χ3n) is 4.08. The number of hydrogen-bond donors (Lipinski definition) is 0. The largest absolute Gasteiger partial charge is 0.455 e. The molecule has 1 aromatic carbocycles. The first kappa shape index (κ1) is 17.6. The number of carbonyl (C=O) groups is 1. The Labute approximate surface area is 160 Å². The molecule has 0 N–H and O–H groups in total.